The van der Waals surface area contributed by atoms with E-state index in [1.165, 1.54) is 0 Å². The van der Waals surface area contributed by atoms with Crippen molar-refractivity contribution in [3.63, 3.8) is 0 Å². The smallest absolute Gasteiger partial charge is 0.320 e. The molecule has 0 heterocycles. The second-order valence-electron chi connectivity index (χ2n) is 3.05. The lowest BCUT2D eigenvalue weighted by Gasteiger charge is -2.13. The van der Waals surface area contributed by atoms with Crippen LogP contribution in [0.25, 0.3) is 0 Å². The Morgan fingerprint density at radius 2 is 1.86 bits per heavy atom. The first-order valence-corrected chi connectivity index (χ1v) is 4.26. The normalized spacial score (nSPS) is 14.7. The molecule has 2 unspecified atom stereocenters. The van der Waals surface area contributed by atoms with E-state index in [0.29, 0.717) is 0 Å². The maximum atomic E-state index is 11.8. The Hall–Kier alpha value is -1.17. The van der Waals surface area contributed by atoms with E-state index in [1.54, 1.807) is 0 Å². The minimum absolute atomic E-state index is 0.114. The van der Waals surface area contributed by atoms with Gasteiger partial charge < -0.3 is 15.9 Å². The van der Waals surface area contributed by atoms with E-state index in [0.717, 1.165) is 0 Å². The zero-order chi connectivity index (χ0) is 11.1. The second-order valence-corrected chi connectivity index (χ2v) is 3.05. The fourth-order valence-corrected chi connectivity index (χ4v) is 1.07. The molecule has 5 nitrogen and oxygen atoms in total. The third kappa shape index (κ3) is 4.76. The van der Waals surface area contributed by atoms with Crippen molar-refractivity contribution < 1.29 is 24.2 Å². The van der Waals surface area contributed by atoms with Gasteiger partial charge in [0.05, 0.1) is 12.6 Å². The highest BCUT2D eigenvalue weighted by Crippen LogP contribution is 2.13. The lowest BCUT2D eigenvalue weighted by molar-refractivity contribution is -0.143. The summed E-state index contributed by atoms with van der Waals surface area (Å²) in [5.41, 5.74) is 5.17. The van der Waals surface area contributed by atoms with Crippen molar-refractivity contribution in [1.29, 1.82) is 0 Å². The number of carboxylic acid groups (broad SMARTS) is 2. The lowest BCUT2D eigenvalue weighted by atomic mass is 9.96. The number of nitrogens with two attached hydrogens (primary N) is 1. The average molecular weight is 207 g/mol. The van der Waals surface area contributed by atoms with Crippen LogP contribution in [0.15, 0.2) is 0 Å². The van der Waals surface area contributed by atoms with E-state index >= 15 is 0 Å². The number of hydrogen-bond donors (Lipinski definition) is 3. The molecule has 14 heavy (non-hydrogen) atoms. The molecule has 0 saturated heterocycles. The van der Waals surface area contributed by atoms with Crippen LogP contribution in [-0.4, -0.2) is 34.9 Å². The van der Waals surface area contributed by atoms with Crippen LogP contribution < -0.4 is 5.73 Å². The van der Waals surface area contributed by atoms with Gasteiger partial charge in [0.25, 0.3) is 0 Å². The average Bonchev–Trinajstić information content (AvgIpc) is 2.10. The van der Waals surface area contributed by atoms with Gasteiger partial charge in [-0.2, -0.15) is 0 Å². The number of hydrogen-bond acceptors (Lipinski definition) is 3. The summed E-state index contributed by atoms with van der Waals surface area (Å²) in [5, 5.41) is 17.1. The van der Waals surface area contributed by atoms with Crippen LogP contribution in [0, 0.1) is 5.92 Å². The summed E-state index contributed by atoms with van der Waals surface area (Å²) < 4.78 is 11.8. The number of carboxylic acids is 2. The highest BCUT2D eigenvalue weighted by Gasteiger charge is 2.23. The second kappa shape index (κ2) is 6.31. The van der Waals surface area contributed by atoms with Crippen molar-refractivity contribution in [1.82, 2.24) is 0 Å². The fraction of sp³-hybridized carbons (Fsp3) is 0.750. The molecule has 0 aliphatic rings. The molecule has 0 saturated carbocycles. The summed E-state index contributed by atoms with van der Waals surface area (Å²) in [4.78, 5) is 20.9. The molecule has 4 N–H and O–H groups in total. The van der Waals surface area contributed by atoms with E-state index in [9.17, 15) is 14.0 Å². The summed E-state index contributed by atoms with van der Waals surface area (Å²) >= 11 is 0. The van der Waals surface area contributed by atoms with Crippen LogP contribution in [0.1, 0.15) is 19.3 Å². The van der Waals surface area contributed by atoms with Crippen molar-refractivity contribution in [3.05, 3.63) is 0 Å². The zero-order valence-electron chi connectivity index (χ0n) is 7.65. The molecule has 0 aromatic carbocycles. The molecular formula is C8H14FNO4. The Labute approximate surface area is 80.7 Å². The maximum Gasteiger partial charge on any atom is 0.320 e. The van der Waals surface area contributed by atoms with Crippen molar-refractivity contribution >= 4 is 11.9 Å². The van der Waals surface area contributed by atoms with Gasteiger partial charge in [0, 0.05) is 0 Å². The molecule has 0 bridgehead atoms. The van der Waals surface area contributed by atoms with Crippen LogP contribution in [0.3, 0.4) is 0 Å². The first-order valence-electron chi connectivity index (χ1n) is 4.26. The van der Waals surface area contributed by atoms with Gasteiger partial charge in [-0.05, 0) is 19.3 Å². The lowest BCUT2D eigenvalue weighted by Crippen LogP contribution is -2.34. The summed E-state index contributed by atoms with van der Waals surface area (Å²) in [6.45, 7) is -0.605. The largest absolute Gasteiger partial charge is 0.481 e. The zero-order valence-corrected chi connectivity index (χ0v) is 7.65. The Morgan fingerprint density at radius 3 is 2.21 bits per heavy atom. The predicted molar refractivity (Wildman–Crippen MR) is 46.6 cm³/mol. The summed E-state index contributed by atoms with van der Waals surface area (Å²) in [5.74, 6) is -3.25. The van der Waals surface area contributed by atoms with Gasteiger partial charge in [0.1, 0.15) is 6.04 Å². The Bertz CT molecular complexity index is 210. The van der Waals surface area contributed by atoms with Gasteiger partial charge in [-0.1, -0.05) is 0 Å². The molecule has 6 heteroatoms. The Kier molecular flexibility index (Phi) is 5.78. The molecular weight excluding hydrogens is 193 g/mol. The van der Waals surface area contributed by atoms with Crippen LogP contribution in [-0.2, 0) is 9.59 Å². The monoisotopic (exact) mass is 207 g/mol. The molecule has 0 fully saturated rings. The quantitative estimate of drug-likeness (QED) is 0.555. The van der Waals surface area contributed by atoms with Gasteiger partial charge in [0.15, 0.2) is 0 Å². The molecule has 82 valence electrons. The van der Waals surface area contributed by atoms with Gasteiger partial charge in [-0.3, -0.25) is 14.0 Å². The van der Waals surface area contributed by atoms with Crippen LogP contribution >= 0.6 is 0 Å². The number of carbonyl (C=O) groups is 2. The molecule has 0 radical (unpaired) electrons. The number of halogens is 1. The van der Waals surface area contributed by atoms with Gasteiger partial charge in [-0.15, -0.1) is 0 Å². The minimum Gasteiger partial charge on any atom is -0.481 e. The molecule has 0 rings (SSSR count). The third-order valence-electron chi connectivity index (χ3n) is 1.89. The van der Waals surface area contributed by atoms with Gasteiger partial charge >= 0.3 is 11.9 Å². The maximum absolute atomic E-state index is 11.8. The van der Waals surface area contributed by atoms with Crippen molar-refractivity contribution in [2.75, 3.05) is 6.67 Å². The van der Waals surface area contributed by atoms with Crippen LogP contribution in [0.4, 0.5) is 4.39 Å². The van der Waals surface area contributed by atoms with E-state index in [-0.39, 0.29) is 19.3 Å². The molecule has 0 aliphatic carbocycles. The molecule has 0 aromatic rings. The third-order valence-corrected chi connectivity index (χ3v) is 1.89. The van der Waals surface area contributed by atoms with E-state index < -0.39 is 30.6 Å². The molecule has 2 atom stereocenters. The van der Waals surface area contributed by atoms with Gasteiger partial charge in [0.2, 0.25) is 0 Å². The summed E-state index contributed by atoms with van der Waals surface area (Å²) in [6, 6.07) is -1.20. The van der Waals surface area contributed by atoms with Gasteiger partial charge in [-0.25, -0.2) is 0 Å². The standard InChI is InChI=1S/C8H14FNO4/c9-3-1-2-5(7(11)12)4-6(10)8(13)14/h5-6H,1-4,10H2,(H,11,12)(H,13,14). The molecule has 0 aromatic heterocycles. The summed E-state index contributed by atoms with van der Waals surface area (Å²) in [6.07, 6.45) is 0.0702. The number of rotatable bonds is 7. The highest BCUT2D eigenvalue weighted by molar-refractivity contribution is 5.75. The number of aliphatic carboxylic acids is 2. The highest BCUT2D eigenvalue weighted by atomic mass is 19.1. The topological polar surface area (TPSA) is 101 Å². The Balaban J connectivity index is 4.08. The first kappa shape index (κ1) is 12.8. The van der Waals surface area contributed by atoms with Crippen molar-refractivity contribution in [3.8, 4) is 0 Å². The fourth-order valence-electron chi connectivity index (χ4n) is 1.07. The molecule has 0 aliphatic heterocycles. The Morgan fingerprint density at radius 1 is 1.29 bits per heavy atom. The predicted octanol–water partition coefficient (Wildman–Crippen LogP) is 0.239. The summed E-state index contributed by atoms with van der Waals surface area (Å²) in [7, 11) is 0. The first-order chi connectivity index (χ1) is 6.49. The van der Waals surface area contributed by atoms with Crippen molar-refractivity contribution in [2.24, 2.45) is 11.7 Å². The van der Waals surface area contributed by atoms with E-state index in [4.69, 9.17) is 15.9 Å². The minimum atomic E-state index is -1.24. The number of alkyl halides is 1. The van der Waals surface area contributed by atoms with Crippen LogP contribution in [0.5, 0.6) is 0 Å². The van der Waals surface area contributed by atoms with E-state index in [1.807, 2.05) is 0 Å². The van der Waals surface area contributed by atoms with Crippen LogP contribution in [0.2, 0.25) is 0 Å². The molecule has 0 amide bonds. The SMILES string of the molecule is NC(CC(CCCF)C(=O)O)C(=O)O. The molecule has 0 spiro atoms. The van der Waals surface area contributed by atoms with E-state index in [2.05, 4.69) is 0 Å². The van der Waals surface area contributed by atoms with Crippen molar-refractivity contribution in [2.45, 2.75) is 25.3 Å².